The SMILES string of the molecule is Cc1cc2cc(-c3ccc(OCC(=O)Nc4ccc(CN5CC[NH2+]CC5)c(C(F)(F)F)c4)cc3)cnc2[nH]1. The second-order valence-electron chi connectivity index (χ2n) is 9.49. The third-order valence-electron chi connectivity index (χ3n) is 6.55. The molecule has 0 bridgehead atoms. The van der Waals surface area contributed by atoms with E-state index in [9.17, 15) is 18.0 Å². The van der Waals surface area contributed by atoms with Gasteiger partial charge in [0.2, 0.25) is 0 Å². The van der Waals surface area contributed by atoms with Gasteiger partial charge in [-0.05, 0) is 54.4 Å². The second-order valence-corrected chi connectivity index (χ2v) is 9.49. The number of aromatic nitrogens is 2. The van der Waals surface area contributed by atoms with Crippen molar-refractivity contribution in [2.75, 3.05) is 38.1 Å². The minimum Gasteiger partial charge on any atom is -0.484 e. The van der Waals surface area contributed by atoms with E-state index in [1.165, 1.54) is 12.1 Å². The van der Waals surface area contributed by atoms with Crippen LogP contribution in [0, 0.1) is 6.92 Å². The average molecular weight is 525 g/mol. The number of halogens is 3. The first kappa shape index (κ1) is 25.7. The number of rotatable bonds is 7. The molecule has 1 aliphatic rings. The van der Waals surface area contributed by atoms with Gasteiger partial charge in [0.1, 0.15) is 11.4 Å². The lowest BCUT2D eigenvalue weighted by Crippen LogP contribution is -2.89. The van der Waals surface area contributed by atoms with Crippen molar-refractivity contribution >= 4 is 22.6 Å². The number of amides is 1. The Morgan fingerprint density at radius 1 is 1.08 bits per heavy atom. The Bertz CT molecular complexity index is 1430. The maximum Gasteiger partial charge on any atom is 0.416 e. The summed E-state index contributed by atoms with van der Waals surface area (Å²) < 4.78 is 46.8. The molecule has 0 unspecified atom stereocenters. The molecule has 0 radical (unpaired) electrons. The molecule has 3 heterocycles. The molecular weight excluding hydrogens is 495 g/mol. The highest BCUT2D eigenvalue weighted by molar-refractivity contribution is 5.92. The molecular formula is C28H29F3N5O2+. The topological polar surface area (TPSA) is 86.9 Å². The van der Waals surface area contributed by atoms with Crippen LogP contribution in [0.1, 0.15) is 16.8 Å². The molecule has 198 valence electrons. The first-order valence-electron chi connectivity index (χ1n) is 12.5. The Morgan fingerprint density at radius 2 is 1.84 bits per heavy atom. The fourth-order valence-corrected chi connectivity index (χ4v) is 4.66. The number of aryl methyl sites for hydroxylation is 1. The van der Waals surface area contributed by atoms with Crippen LogP contribution < -0.4 is 15.4 Å². The summed E-state index contributed by atoms with van der Waals surface area (Å²) in [7, 11) is 0. The lowest BCUT2D eigenvalue weighted by Gasteiger charge is -2.26. The molecule has 38 heavy (non-hydrogen) atoms. The van der Waals surface area contributed by atoms with Gasteiger partial charge in [-0.2, -0.15) is 13.2 Å². The van der Waals surface area contributed by atoms with Gasteiger partial charge in [-0.3, -0.25) is 9.69 Å². The van der Waals surface area contributed by atoms with E-state index in [0.717, 1.165) is 60.1 Å². The molecule has 0 spiro atoms. The fourth-order valence-electron chi connectivity index (χ4n) is 4.66. The molecule has 1 amide bonds. The number of hydrogen-bond donors (Lipinski definition) is 3. The molecule has 1 aliphatic heterocycles. The summed E-state index contributed by atoms with van der Waals surface area (Å²) in [5, 5.41) is 5.69. The standard InChI is InChI=1S/C28H28F3N5O2/c1-18-12-21-13-22(15-33-27(21)34-18)19-3-6-24(7-4-19)38-17-26(37)35-23-5-2-20(25(14-23)28(29,30)31)16-36-10-8-32-9-11-36/h2-7,12-15,32H,8-11,16-17H2,1H3,(H,33,34)(H,35,37)/p+1. The first-order chi connectivity index (χ1) is 18.2. The van der Waals surface area contributed by atoms with E-state index in [-0.39, 0.29) is 24.4 Å². The van der Waals surface area contributed by atoms with Crippen LogP contribution in [-0.4, -0.2) is 53.6 Å². The number of nitrogens with two attached hydrogens (primary N) is 1. The van der Waals surface area contributed by atoms with Gasteiger partial charge in [-0.15, -0.1) is 0 Å². The zero-order valence-corrected chi connectivity index (χ0v) is 20.9. The molecule has 4 aromatic rings. The molecule has 2 aromatic heterocycles. The van der Waals surface area contributed by atoms with Crippen LogP contribution in [0.15, 0.2) is 60.8 Å². The van der Waals surface area contributed by atoms with Crippen LogP contribution >= 0.6 is 0 Å². The summed E-state index contributed by atoms with van der Waals surface area (Å²) in [5.41, 5.74) is 3.31. The monoisotopic (exact) mass is 524 g/mol. The van der Waals surface area contributed by atoms with Gasteiger partial charge in [0.25, 0.3) is 5.91 Å². The fraction of sp³-hybridized carbons (Fsp3) is 0.286. The summed E-state index contributed by atoms with van der Waals surface area (Å²) in [5.74, 6) is -0.0699. The van der Waals surface area contributed by atoms with Crippen molar-refractivity contribution in [1.29, 1.82) is 0 Å². The Hall–Kier alpha value is -3.89. The normalized spacial score (nSPS) is 14.5. The van der Waals surface area contributed by atoms with Gasteiger partial charge in [0.05, 0.1) is 18.7 Å². The Labute approximate surface area is 218 Å². The second kappa shape index (κ2) is 10.8. The smallest absolute Gasteiger partial charge is 0.416 e. The molecule has 10 heteroatoms. The summed E-state index contributed by atoms with van der Waals surface area (Å²) in [4.78, 5) is 22.1. The Morgan fingerprint density at radius 3 is 2.58 bits per heavy atom. The van der Waals surface area contributed by atoms with E-state index >= 15 is 0 Å². The van der Waals surface area contributed by atoms with Crippen molar-refractivity contribution in [2.24, 2.45) is 0 Å². The van der Waals surface area contributed by atoms with Crippen molar-refractivity contribution in [2.45, 2.75) is 19.6 Å². The molecule has 1 saturated heterocycles. The summed E-state index contributed by atoms with van der Waals surface area (Å²) in [6, 6.07) is 15.2. The molecule has 0 atom stereocenters. The van der Waals surface area contributed by atoms with Crippen LogP contribution in [0.4, 0.5) is 18.9 Å². The summed E-state index contributed by atoms with van der Waals surface area (Å²) >= 11 is 0. The number of benzene rings is 2. The zero-order chi connectivity index (χ0) is 26.7. The van der Waals surface area contributed by atoms with Crippen LogP contribution in [0.3, 0.4) is 0 Å². The minimum atomic E-state index is -4.52. The number of quaternary nitrogens is 1. The van der Waals surface area contributed by atoms with Crippen LogP contribution in [0.5, 0.6) is 5.75 Å². The number of piperazine rings is 1. The van der Waals surface area contributed by atoms with Gasteiger partial charge in [-0.1, -0.05) is 18.2 Å². The third kappa shape index (κ3) is 6.15. The van der Waals surface area contributed by atoms with Gasteiger partial charge in [0, 0.05) is 48.2 Å². The lowest BCUT2D eigenvalue weighted by atomic mass is 10.0. The number of fused-ring (bicyclic) bond motifs is 1. The van der Waals surface area contributed by atoms with Crippen molar-refractivity contribution in [1.82, 2.24) is 14.9 Å². The maximum absolute atomic E-state index is 13.8. The average Bonchev–Trinajstić information content (AvgIpc) is 3.28. The number of anilines is 1. The number of nitrogens with zero attached hydrogens (tertiary/aromatic N) is 2. The van der Waals surface area contributed by atoms with Gasteiger partial charge in [-0.25, -0.2) is 4.98 Å². The Kier molecular flexibility index (Phi) is 7.35. The Balaban J connectivity index is 1.20. The maximum atomic E-state index is 13.8. The quantitative estimate of drug-likeness (QED) is 0.342. The number of nitrogens with one attached hydrogen (secondary N) is 2. The van der Waals surface area contributed by atoms with E-state index in [0.29, 0.717) is 5.75 Å². The molecule has 0 saturated carbocycles. The summed E-state index contributed by atoms with van der Waals surface area (Å²) in [6.07, 6.45) is -2.73. The number of ether oxygens (including phenoxy) is 1. The van der Waals surface area contributed by atoms with E-state index in [2.05, 4.69) is 20.6 Å². The van der Waals surface area contributed by atoms with Crippen molar-refractivity contribution < 1.29 is 28.0 Å². The predicted octanol–water partition coefficient (Wildman–Crippen LogP) is 3.95. The number of alkyl halides is 3. The predicted molar refractivity (Wildman–Crippen MR) is 139 cm³/mol. The molecule has 1 fully saturated rings. The van der Waals surface area contributed by atoms with Crippen LogP contribution in [0.25, 0.3) is 22.2 Å². The number of carbonyl (C=O) groups is 1. The van der Waals surface area contributed by atoms with Crippen molar-refractivity contribution in [3.05, 3.63) is 77.6 Å². The lowest BCUT2D eigenvalue weighted by molar-refractivity contribution is -0.663. The van der Waals surface area contributed by atoms with E-state index < -0.39 is 17.6 Å². The van der Waals surface area contributed by atoms with Gasteiger partial charge in [0.15, 0.2) is 6.61 Å². The zero-order valence-electron chi connectivity index (χ0n) is 20.9. The van der Waals surface area contributed by atoms with Crippen LogP contribution in [-0.2, 0) is 17.5 Å². The van der Waals surface area contributed by atoms with Gasteiger partial charge >= 0.3 is 6.18 Å². The highest BCUT2D eigenvalue weighted by Crippen LogP contribution is 2.34. The number of carbonyl (C=O) groups excluding carboxylic acids is 1. The number of aromatic amines is 1. The van der Waals surface area contributed by atoms with Crippen LogP contribution in [0.2, 0.25) is 0 Å². The van der Waals surface area contributed by atoms with E-state index in [1.807, 2.05) is 36.1 Å². The number of hydrogen-bond acceptors (Lipinski definition) is 4. The third-order valence-corrected chi connectivity index (χ3v) is 6.55. The minimum absolute atomic E-state index is 0.0832. The largest absolute Gasteiger partial charge is 0.484 e. The van der Waals surface area contributed by atoms with E-state index in [4.69, 9.17) is 4.74 Å². The molecule has 4 N–H and O–H groups in total. The molecule has 2 aromatic carbocycles. The number of pyridine rings is 1. The van der Waals surface area contributed by atoms with Crippen molar-refractivity contribution in [3.8, 4) is 16.9 Å². The van der Waals surface area contributed by atoms with Crippen molar-refractivity contribution in [3.63, 3.8) is 0 Å². The molecule has 7 nitrogen and oxygen atoms in total. The first-order valence-corrected chi connectivity index (χ1v) is 12.5. The summed E-state index contributed by atoms with van der Waals surface area (Å²) in [6.45, 7) is 5.10. The molecule has 0 aliphatic carbocycles. The number of H-pyrrole nitrogens is 1. The van der Waals surface area contributed by atoms with E-state index in [1.54, 1.807) is 18.3 Å². The highest BCUT2D eigenvalue weighted by atomic mass is 19.4. The highest BCUT2D eigenvalue weighted by Gasteiger charge is 2.34. The molecule has 5 rings (SSSR count). The van der Waals surface area contributed by atoms with Gasteiger partial charge < -0.3 is 20.4 Å².